The summed E-state index contributed by atoms with van der Waals surface area (Å²) in [5, 5.41) is 12.3. The Labute approximate surface area is 152 Å². The van der Waals surface area contributed by atoms with Crippen molar-refractivity contribution in [3.05, 3.63) is 66.4 Å². The molecule has 1 N–H and O–H groups in total. The first-order valence-electron chi connectivity index (χ1n) is 6.89. The second-order valence-electron chi connectivity index (χ2n) is 5.12. The first-order valence-corrected chi connectivity index (χ1v) is 7.64. The average molecular weight is 379 g/mol. The summed E-state index contributed by atoms with van der Waals surface area (Å²) < 4.78 is 2.06. The van der Waals surface area contributed by atoms with Gasteiger partial charge in [-0.15, -0.1) is 0 Å². The maximum Gasteiger partial charge on any atom is 0.330 e. The summed E-state index contributed by atoms with van der Waals surface area (Å²) in [6.45, 7) is 0. The molecule has 25 heavy (non-hydrogen) atoms. The molecule has 0 saturated carbocycles. The Bertz CT molecular complexity index is 1020. The van der Waals surface area contributed by atoms with Crippen LogP contribution in [0, 0.1) is 11.3 Å². The molecular weight excluding hydrogens is 367 g/mol. The van der Waals surface area contributed by atoms with Crippen LogP contribution in [0.15, 0.2) is 39.6 Å². The second kappa shape index (κ2) is 7.38. The van der Waals surface area contributed by atoms with Crippen LogP contribution in [-0.2, 0) is 18.9 Å². The van der Waals surface area contributed by atoms with Gasteiger partial charge in [-0.3, -0.25) is 14.2 Å². The third-order valence-corrected chi connectivity index (χ3v) is 3.69. The fourth-order valence-electron chi connectivity index (χ4n) is 2.06. The first kappa shape index (κ1) is 18.5. The minimum absolute atomic E-state index is 0.0282. The predicted octanol–water partition coefficient (Wildman–Crippen LogP) is 1.94. The van der Waals surface area contributed by atoms with Crippen molar-refractivity contribution < 1.29 is 4.79 Å². The van der Waals surface area contributed by atoms with Crippen LogP contribution in [0.2, 0.25) is 10.0 Å². The van der Waals surface area contributed by atoms with Gasteiger partial charge in [0.1, 0.15) is 11.6 Å². The maximum atomic E-state index is 12.3. The molecule has 0 saturated heterocycles. The average Bonchev–Trinajstić information content (AvgIpc) is 2.53. The van der Waals surface area contributed by atoms with E-state index in [1.54, 1.807) is 6.07 Å². The predicted molar refractivity (Wildman–Crippen MR) is 95.6 cm³/mol. The van der Waals surface area contributed by atoms with Crippen molar-refractivity contribution in [3.63, 3.8) is 0 Å². The van der Waals surface area contributed by atoms with E-state index in [-0.39, 0.29) is 11.1 Å². The lowest BCUT2D eigenvalue weighted by Crippen LogP contribution is -2.37. The van der Waals surface area contributed by atoms with Gasteiger partial charge in [0.2, 0.25) is 0 Å². The van der Waals surface area contributed by atoms with Crippen LogP contribution in [0.25, 0.3) is 6.08 Å². The van der Waals surface area contributed by atoms with Crippen LogP contribution in [0.3, 0.4) is 0 Å². The second-order valence-corrected chi connectivity index (χ2v) is 6.00. The van der Waals surface area contributed by atoms with Crippen molar-refractivity contribution >= 4 is 40.9 Å². The van der Waals surface area contributed by atoms with Gasteiger partial charge in [0.25, 0.3) is 11.5 Å². The highest BCUT2D eigenvalue weighted by molar-refractivity contribution is 6.35. The number of benzene rings is 1. The molecule has 7 nitrogen and oxygen atoms in total. The molecule has 128 valence electrons. The summed E-state index contributed by atoms with van der Waals surface area (Å²) in [7, 11) is 2.77. The van der Waals surface area contributed by atoms with Gasteiger partial charge in [-0.05, 0) is 24.3 Å². The lowest BCUT2D eigenvalue weighted by molar-refractivity contribution is -0.112. The summed E-state index contributed by atoms with van der Waals surface area (Å²) in [5.74, 6) is -0.739. The molecule has 0 aliphatic heterocycles. The molecule has 0 atom stereocenters. The first-order chi connectivity index (χ1) is 11.7. The van der Waals surface area contributed by atoms with E-state index in [4.69, 9.17) is 23.2 Å². The fraction of sp³-hybridized carbons (Fsp3) is 0.125. The minimum atomic E-state index is -0.739. The molecule has 1 amide bonds. The van der Waals surface area contributed by atoms with E-state index in [1.165, 1.54) is 43.1 Å². The molecular formula is C16H12Cl2N4O3. The number of carbonyl (C=O) groups is 1. The van der Waals surface area contributed by atoms with Gasteiger partial charge in [-0.25, -0.2) is 4.79 Å². The van der Waals surface area contributed by atoms with Gasteiger partial charge >= 0.3 is 5.69 Å². The zero-order valence-corrected chi connectivity index (χ0v) is 14.7. The van der Waals surface area contributed by atoms with E-state index in [1.807, 2.05) is 0 Å². The molecule has 1 aromatic carbocycles. The lowest BCUT2D eigenvalue weighted by atomic mass is 10.2. The van der Waals surface area contributed by atoms with E-state index in [0.29, 0.717) is 15.7 Å². The highest BCUT2D eigenvalue weighted by Gasteiger charge is 2.13. The number of nitrogens with one attached hydrogen (secondary N) is 1. The molecule has 2 aromatic rings. The number of hydrogen-bond acceptors (Lipinski definition) is 4. The molecule has 1 heterocycles. The number of hydrogen-bond donors (Lipinski definition) is 1. The molecule has 0 bridgehead atoms. The zero-order valence-electron chi connectivity index (χ0n) is 13.2. The van der Waals surface area contributed by atoms with Gasteiger partial charge in [-0.1, -0.05) is 23.2 Å². The normalized spacial score (nSPS) is 11.1. The van der Waals surface area contributed by atoms with Crippen molar-refractivity contribution in [2.75, 3.05) is 5.32 Å². The Hall–Kier alpha value is -2.82. The lowest BCUT2D eigenvalue weighted by Gasteiger charge is -2.06. The number of halogens is 2. The Balaban J connectivity index is 2.41. The minimum Gasteiger partial charge on any atom is -0.321 e. The Morgan fingerprint density at radius 2 is 1.80 bits per heavy atom. The third-order valence-electron chi connectivity index (χ3n) is 3.26. The van der Waals surface area contributed by atoms with Crippen LogP contribution >= 0.6 is 23.2 Å². The highest BCUT2D eigenvalue weighted by Crippen LogP contribution is 2.22. The Morgan fingerprint density at radius 3 is 2.36 bits per heavy atom. The summed E-state index contributed by atoms with van der Waals surface area (Å²) in [5.41, 5.74) is -1.11. The van der Waals surface area contributed by atoms with Gasteiger partial charge in [0.05, 0.1) is 5.56 Å². The van der Waals surface area contributed by atoms with E-state index in [2.05, 4.69) is 5.32 Å². The molecule has 0 fully saturated rings. The number of rotatable bonds is 3. The van der Waals surface area contributed by atoms with Gasteiger partial charge in [0.15, 0.2) is 0 Å². The topological polar surface area (TPSA) is 96.9 Å². The van der Waals surface area contributed by atoms with Crippen molar-refractivity contribution in [2.24, 2.45) is 14.1 Å². The quantitative estimate of drug-likeness (QED) is 0.651. The van der Waals surface area contributed by atoms with Crippen molar-refractivity contribution in [1.29, 1.82) is 5.26 Å². The molecule has 0 aliphatic rings. The van der Waals surface area contributed by atoms with Crippen molar-refractivity contribution in [3.8, 4) is 6.07 Å². The van der Waals surface area contributed by atoms with E-state index < -0.39 is 17.2 Å². The van der Waals surface area contributed by atoms with Crippen LogP contribution < -0.4 is 16.6 Å². The van der Waals surface area contributed by atoms with Crippen LogP contribution in [0.4, 0.5) is 5.69 Å². The highest BCUT2D eigenvalue weighted by atomic mass is 35.5. The zero-order chi connectivity index (χ0) is 18.7. The van der Waals surface area contributed by atoms with Crippen LogP contribution in [0.1, 0.15) is 5.56 Å². The molecule has 0 spiro atoms. The summed E-state index contributed by atoms with van der Waals surface area (Å²) in [6, 6.07) is 6.15. The van der Waals surface area contributed by atoms with E-state index in [0.717, 1.165) is 10.6 Å². The molecule has 0 unspecified atom stereocenters. The number of aryl methyl sites for hydroxylation is 1. The molecule has 0 aliphatic carbocycles. The standard InChI is InChI=1S/C16H12Cl2N4O3/c1-21-8-10(15(24)22(2)16(21)25)3-9(7-19)14(23)20-13-5-11(17)4-12(18)6-13/h3-6,8H,1-2H3,(H,20,23)/b9-3+. The Morgan fingerprint density at radius 1 is 1.20 bits per heavy atom. The van der Waals surface area contributed by atoms with E-state index in [9.17, 15) is 19.6 Å². The van der Waals surface area contributed by atoms with Crippen molar-refractivity contribution in [2.45, 2.75) is 0 Å². The van der Waals surface area contributed by atoms with Crippen LogP contribution in [0.5, 0.6) is 0 Å². The third kappa shape index (κ3) is 4.18. The summed E-state index contributed by atoms with van der Waals surface area (Å²) in [4.78, 5) is 36.0. The van der Waals surface area contributed by atoms with Gasteiger partial charge < -0.3 is 9.88 Å². The number of anilines is 1. The van der Waals surface area contributed by atoms with E-state index >= 15 is 0 Å². The number of nitriles is 1. The number of carbonyl (C=O) groups excluding carboxylic acids is 1. The molecule has 0 radical (unpaired) electrons. The van der Waals surface area contributed by atoms with Gasteiger partial charge in [-0.2, -0.15) is 5.26 Å². The van der Waals surface area contributed by atoms with Gasteiger partial charge in [0, 0.05) is 36.0 Å². The summed E-state index contributed by atoms with van der Waals surface area (Å²) >= 11 is 11.7. The molecule has 2 rings (SSSR count). The Kier molecular flexibility index (Phi) is 5.47. The summed E-state index contributed by atoms with van der Waals surface area (Å²) in [6.07, 6.45) is 2.37. The smallest absolute Gasteiger partial charge is 0.321 e. The molecule has 9 heteroatoms. The SMILES string of the molecule is Cn1cc(/C=C(\C#N)C(=O)Nc2cc(Cl)cc(Cl)c2)c(=O)n(C)c1=O. The van der Waals surface area contributed by atoms with Crippen molar-refractivity contribution in [1.82, 2.24) is 9.13 Å². The van der Waals surface area contributed by atoms with Crippen LogP contribution in [-0.4, -0.2) is 15.0 Å². The monoisotopic (exact) mass is 378 g/mol. The molecule has 1 aromatic heterocycles. The number of amides is 1. The maximum absolute atomic E-state index is 12.3. The largest absolute Gasteiger partial charge is 0.330 e. The number of aromatic nitrogens is 2. The fourth-order valence-corrected chi connectivity index (χ4v) is 2.59. The number of nitrogens with zero attached hydrogens (tertiary/aromatic N) is 3.